The molecule has 6 nitrogen and oxygen atoms in total. The Kier molecular flexibility index (Phi) is 8.92. The van der Waals surface area contributed by atoms with Gasteiger partial charge < -0.3 is 15.5 Å². The molecule has 2 aliphatic rings. The molecule has 1 aromatic carbocycles. The fourth-order valence-corrected chi connectivity index (χ4v) is 4.76. The van der Waals surface area contributed by atoms with Gasteiger partial charge in [-0.15, -0.1) is 24.0 Å². The number of hydrogen-bond acceptors (Lipinski definition) is 3. The van der Waals surface area contributed by atoms with Gasteiger partial charge in [-0.05, 0) is 37.3 Å². The van der Waals surface area contributed by atoms with Gasteiger partial charge in [-0.3, -0.25) is 14.8 Å². The first-order valence-electron chi connectivity index (χ1n) is 11.3. The van der Waals surface area contributed by atoms with E-state index in [1.807, 2.05) is 12.3 Å². The van der Waals surface area contributed by atoms with Gasteiger partial charge in [0.1, 0.15) is 0 Å². The molecule has 1 aliphatic heterocycles. The van der Waals surface area contributed by atoms with E-state index in [2.05, 4.69) is 49.8 Å². The minimum absolute atomic E-state index is 0. The Bertz CT molecular complexity index is 891. The smallest absolute Gasteiger partial charge is 0.225 e. The molecule has 1 aromatic heterocycles. The van der Waals surface area contributed by atoms with Crippen LogP contribution in [0.3, 0.4) is 0 Å². The summed E-state index contributed by atoms with van der Waals surface area (Å²) in [5, 5.41) is 8.10. The van der Waals surface area contributed by atoms with Crippen LogP contribution in [0.4, 0.5) is 0 Å². The number of amides is 1. The number of benzene rings is 1. The molecule has 0 spiro atoms. The summed E-state index contributed by atoms with van der Waals surface area (Å²) in [6.07, 6.45) is 9.53. The first-order chi connectivity index (χ1) is 14.7. The lowest BCUT2D eigenvalue weighted by atomic mass is 9.88. The maximum atomic E-state index is 12.8. The number of carbonyl (C=O) groups excluding carboxylic acids is 1. The molecule has 31 heavy (non-hydrogen) atoms. The second-order valence-corrected chi connectivity index (χ2v) is 8.49. The Balaban J connectivity index is 0.00000272. The van der Waals surface area contributed by atoms with Crippen LogP contribution in [0.25, 0.3) is 10.9 Å². The minimum atomic E-state index is 0. The van der Waals surface area contributed by atoms with Crippen molar-refractivity contribution in [2.45, 2.75) is 51.0 Å². The van der Waals surface area contributed by atoms with Gasteiger partial charge in [-0.1, -0.05) is 43.5 Å². The fraction of sp³-hybridized carbons (Fsp3) is 0.542. The highest BCUT2D eigenvalue weighted by Crippen LogP contribution is 2.26. The SMILES string of the molecule is CN=C(NCCc1cccc2cccnc12)NC1CCN(C(=O)C2CCCCC2)C1.I. The lowest BCUT2D eigenvalue weighted by Crippen LogP contribution is -2.46. The standard InChI is InChI=1S/C24H33N5O.HI/c1-25-24(27-15-12-19-10-5-9-18-11-6-14-26-22(18)19)28-21-13-16-29(17-21)23(30)20-7-3-2-4-8-20;/h5-6,9-11,14,20-21H,2-4,7-8,12-13,15-17H2,1H3,(H2,25,27,28);1H. The number of guanidine groups is 1. The quantitative estimate of drug-likeness (QED) is 0.348. The molecule has 4 rings (SSSR count). The van der Waals surface area contributed by atoms with E-state index in [1.54, 1.807) is 7.05 Å². The van der Waals surface area contributed by atoms with Crippen LogP contribution in [-0.2, 0) is 11.2 Å². The molecule has 2 aromatic rings. The third-order valence-corrected chi connectivity index (χ3v) is 6.42. The van der Waals surface area contributed by atoms with E-state index >= 15 is 0 Å². The Labute approximate surface area is 202 Å². The van der Waals surface area contributed by atoms with E-state index in [0.29, 0.717) is 5.91 Å². The van der Waals surface area contributed by atoms with Gasteiger partial charge >= 0.3 is 0 Å². The molecule has 7 heteroatoms. The van der Waals surface area contributed by atoms with Crippen LogP contribution in [0.1, 0.15) is 44.1 Å². The first-order valence-corrected chi connectivity index (χ1v) is 11.3. The molecule has 2 N–H and O–H groups in total. The van der Waals surface area contributed by atoms with Gasteiger partial charge in [-0.2, -0.15) is 0 Å². The average Bonchev–Trinajstić information content (AvgIpc) is 3.27. The maximum absolute atomic E-state index is 12.8. The Hall–Kier alpha value is -1.90. The average molecular weight is 535 g/mol. The van der Waals surface area contributed by atoms with E-state index in [-0.39, 0.29) is 35.9 Å². The molecule has 2 heterocycles. The number of aliphatic imine (C=N–C) groups is 1. The number of para-hydroxylation sites is 1. The second-order valence-electron chi connectivity index (χ2n) is 8.49. The van der Waals surface area contributed by atoms with E-state index in [1.165, 1.54) is 30.2 Å². The van der Waals surface area contributed by atoms with Crippen LogP contribution < -0.4 is 10.6 Å². The summed E-state index contributed by atoms with van der Waals surface area (Å²) in [5.74, 6) is 1.43. The third kappa shape index (κ3) is 6.08. The summed E-state index contributed by atoms with van der Waals surface area (Å²) in [4.78, 5) is 23.8. The van der Waals surface area contributed by atoms with Crippen molar-refractivity contribution in [3.8, 4) is 0 Å². The van der Waals surface area contributed by atoms with Crippen LogP contribution in [-0.4, -0.2) is 54.5 Å². The number of halogens is 1. The van der Waals surface area contributed by atoms with Crippen molar-refractivity contribution in [2.24, 2.45) is 10.9 Å². The number of fused-ring (bicyclic) bond motifs is 1. The van der Waals surface area contributed by atoms with Crippen LogP contribution in [0.15, 0.2) is 41.5 Å². The largest absolute Gasteiger partial charge is 0.356 e. The summed E-state index contributed by atoms with van der Waals surface area (Å²) in [7, 11) is 1.80. The Morgan fingerprint density at radius 2 is 1.97 bits per heavy atom. The summed E-state index contributed by atoms with van der Waals surface area (Å²) in [5.41, 5.74) is 2.30. The van der Waals surface area contributed by atoms with E-state index in [4.69, 9.17) is 0 Å². The number of hydrogen-bond donors (Lipinski definition) is 2. The maximum Gasteiger partial charge on any atom is 0.225 e. The number of pyridine rings is 1. The first kappa shape index (κ1) is 23.8. The molecular formula is C24H34IN5O. The second kappa shape index (κ2) is 11.6. The van der Waals surface area contributed by atoms with E-state index in [9.17, 15) is 4.79 Å². The lowest BCUT2D eigenvalue weighted by Gasteiger charge is -2.26. The van der Waals surface area contributed by atoms with Gasteiger partial charge in [0.15, 0.2) is 5.96 Å². The van der Waals surface area contributed by atoms with Crippen molar-refractivity contribution in [3.63, 3.8) is 0 Å². The highest BCUT2D eigenvalue weighted by atomic mass is 127. The monoisotopic (exact) mass is 535 g/mol. The van der Waals surface area contributed by atoms with Crippen molar-refractivity contribution >= 4 is 46.7 Å². The Morgan fingerprint density at radius 1 is 1.16 bits per heavy atom. The molecule has 1 saturated carbocycles. The summed E-state index contributed by atoms with van der Waals surface area (Å²) >= 11 is 0. The predicted molar refractivity (Wildman–Crippen MR) is 137 cm³/mol. The topological polar surface area (TPSA) is 69.6 Å². The highest BCUT2D eigenvalue weighted by Gasteiger charge is 2.31. The van der Waals surface area contributed by atoms with Crippen molar-refractivity contribution < 1.29 is 4.79 Å². The van der Waals surface area contributed by atoms with Crippen molar-refractivity contribution in [1.29, 1.82) is 0 Å². The van der Waals surface area contributed by atoms with Crippen molar-refractivity contribution in [2.75, 3.05) is 26.7 Å². The number of carbonyl (C=O) groups is 1. The zero-order valence-electron chi connectivity index (χ0n) is 18.3. The molecule has 0 radical (unpaired) electrons. The molecule has 168 valence electrons. The molecule has 0 bridgehead atoms. The van der Waals surface area contributed by atoms with Gasteiger partial charge in [0, 0.05) is 50.2 Å². The van der Waals surface area contributed by atoms with Crippen LogP contribution in [0, 0.1) is 5.92 Å². The molecule has 1 aliphatic carbocycles. The molecular weight excluding hydrogens is 501 g/mol. The lowest BCUT2D eigenvalue weighted by molar-refractivity contribution is -0.135. The zero-order valence-corrected chi connectivity index (χ0v) is 20.7. The Morgan fingerprint density at radius 3 is 2.77 bits per heavy atom. The molecule has 2 fully saturated rings. The van der Waals surface area contributed by atoms with Crippen molar-refractivity contribution in [3.05, 3.63) is 42.1 Å². The van der Waals surface area contributed by atoms with Gasteiger partial charge in [-0.25, -0.2) is 0 Å². The zero-order chi connectivity index (χ0) is 20.8. The molecule has 1 atom stereocenters. The van der Waals surface area contributed by atoms with Crippen molar-refractivity contribution in [1.82, 2.24) is 20.5 Å². The summed E-state index contributed by atoms with van der Waals surface area (Å²) in [6.45, 7) is 2.42. The molecule has 1 saturated heterocycles. The number of likely N-dealkylation sites (tertiary alicyclic amines) is 1. The van der Waals surface area contributed by atoms with E-state index in [0.717, 1.165) is 56.8 Å². The van der Waals surface area contributed by atoms with E-state index < -0.39 is 0 Å². The number of nitrogens with one attached hydrogen (secondary N) is 2. The molecule has 1 amide bonds. The van der Waals surface area contributed by atoms with Gasteiger partial charge in [0.2, 0.25) is 5.91 Å². The highest BCUT2D eigenvalue weighted by molar-refractivity contribution is 14.0. The van der Waals surface area contributed by atoms with Gasteiger partial charge in [0.05, 0.1) is 5.52 Å². The summed E-state index contributed by atoms with van der Waals surface area (Å²) < 4.78 is 0. The number of nitrogens with zero attached hydrogens (tertiary/aromatic N) is 3. The predicted octanol–water partition coefficient (Wildman–Crippen LogP) is 3.74. The van der Waals surface area contributed by atoms with Crippen LogP contribution >= 0.6 is 24.0 Å². The fourth-order valence-electron chi connectivity index (χ4n) is 4.76. The van der Waals surface area contributed by atoms with Crippen LogP contribution in [0.2, 0.25) is 0 Å². The number of aromatic nitrogens is 1. The third-order valence-electron chi connectivity index (χ3n) is 6.42. The summed E-state index contributed by atoms with van der Waals surface area (Å²) in [6, 6.07) is 10.7. The molecule has 1 unspecified atom stereocenters. The normalized spacial score (nSPS) is 19.8. The number of rotatable bonds is 5. The minimum Gasteiger partial charge on any atom is -0.356 e. The van der Waals surface area contributed by atoms with Crippen LogP contribution in [0.5, 0.6) is 0 Å². The van der Waals surface area contributed by atoms with Gasteiger partial charge in [0.25, 0.3) is 0 Å².